The fourth-order valence-electron chi connectivity index (χ4n) is 5.68. The summed E-state index contributed by atoms with van der Waals surface area (Å²) in [7, 11) is -4.37. The smallest absolute Gasteiger partial charge is 0.462 e. The standard InChI is InChI=1S/C41H78NO8P/c1-3-5-7-9-11-13-15-17-19-21-23-25-27-29-31-33-40(43)47-37-39(38-49-51(45,46)48-36-35-42)50-41(44)34-32-30-28-26-24-22-20-18-16-14-12-10-8-6-4-2/h17-20,39H,3-16,21-38,42H2,1-2H3,(H,45,46)/b19-17+,20-18?/t39-/m1/s1. The molecule has 0 spiro atoms. The third kappa shape index (κ3) is 38.0. The van der Waals surface area contributed by atoms with Crippen molar-refractivity contribution in [2.45, 2.75) is 200 Å². The van der Waals surface area contributed by atoms with E-state index in [1.165, 1.54) is 89.9 Å². The van der Waals surface area contributed by atoms with Crippen LogP contribution in [0.3, 0.4) is 0 Å². The molecule has 0 aliphatic rings. The molecular weight excluding hydrogens is 665 g/mol. The fraction of sp³-hybridized carbons (Fsp3) is 0.854. The lowest BCUT2D eigenvalue weighted by molar-refractivity contribution is -0.161. The van der Waals surface area contributed by atoms with Gasteiger partial charge in [-0.3, -0.25) is 18.6 Å². The topological polar surface area (TPSA) is 134 Å². The number of carbonyl (C=O) groups is 2. The number of nitrogens with two attached hydrogens (primary N) is 1. The second-order valence-electron chi connectivity index (χ2n) is 13.8. The van der Waals surface area contributed by atoms with E-state index in [0.717, 1.165) is 70.6 Å². The summed E-state index contributed by atoms with van der Waals surface area (Å²) in [5, 5.41) is 0. The van der Waals surface area contributed by atoms with Gasteiger partial charge in [0.25, 0.3) is 0 Å². The maximum atomic E-state index is 12.5. The molecule has 3 N–H and O–H groups in total. The molecule has 51 heavy (non-hydrogen) atoms. The zero-order valence-corrected chi connectivity index (χ0v) is 33.7. The number of phosphoric acid groups is 1. The van der Waals surface area contributed by atoms with E-state index >= 15 is 0 Å². The van der Waals surface area contributed by atoms with E-state index in [1.54, 1.807) is 0 Å². The van der Waals surface area contributed by atoms with Crippen molar-refractivity contribution in [3.8, 4) is 0 Å². The summed E-state index contributed by atoms with van der Waals surface area (Å²) in [5.41, 5.74) is 5.34. The Morgan fingerprint density at radius 1 is 0.569 bits per heavy atom. The SMILES string of the molecule is CCCCCCCCC=CCCCCCCCC(=O)O[C@H](COC(=O)CCCCCCC/C=C/CCCCCCCC)COP(=O)(O)OCCN. The molecule has 9 nitrogen and oxygen atoms in total. The van der Waals surface area contributed by atoms with E-state index in [2.05, 4.69) is 38.2 Å². The van der Waals surface area contributed by atoms with Crippen molar-refractivity contribution in [3.05, 3.63) is 24.3 Å². The summed E-state index contributed by atoms with van der Waals surface area (Å²) in [4.78, 5) is 34.8. The van der Waals surface area contributed by atoms with Crippen molar-refractivity contribution < 1.29 is 37.6 Å². The number of esters is 2. The lowest BCUT2D eigenvalue weighted by Gasteiger charge is -2.19. The van der Waals surface area contributed by atoms with Gasteiger partial charge in [0.2, 0.25) is 0 Å². The molecule has 0 radical (unpaired) electrons. The van der Waals surface area contributed by atoms with Gasteiger partial charge in [0.15, 0.2) is 6.10 Å². The molecule has 2 atom stereocenters. The van der Waals surface area contributed by atoms with E-state index in [4.69, 9.17) is 24.3 Å². The van der Waals surface area contributed by atoms with Gasteiger partial charge in [-0.15, -0.1) is 0 Å². The van der Waals surface area contributed by atoms with Gasteiger partial charge in [0.1, 0.15) is 6.61 Å². The Balaban J connectivity index is 4.20. The summed E-state index contributed by atoms with van der Waals surface area (Å²) in [6.07, 6.45) is 39.2. The summed E-state index contributed by atoms with van der Waals surface area (Å²) < 4.78 is 32.7. The number of phosphoric ester groups is 1. The summed E-state index contributed by atoms with van der Waals surface area (Å²) in [6.45, 7) is 3.71. The fourth-order valence-corrected chi connectivity index (χ4v) is 6.45. The highest BCUT2D eigenvalue weighted by Crippen LogP contribution is 2.43. The largest absolute Gasteiger partial charge is 0.472 e. The molecular formula is C41H78NO8P. The second-order valence-corrected chi connectivity index (χ2v) is 15.3. The minimum atomic E-state index is -4.37. The molecule has 0 aromatic heterocycles. The Kier molecular flexibility index (Phi) is 37.1. The first-order chi connectivity index (χ1) is 24.8. The quantitative estimate of drug-likeness (QED) is 0.0273. The third-order valence-electron chi connectivity index (χ3n) is 8.81. The Morgan fingerprint density at radius 3 is 1.39 bits per heavy atom. The van der Waals surface area contributed by atoms with Crippen molar-refractivity contribution in [2.75, 3.05) is 26.4 Å². The van der Waals surface area contributed by atoms with Crippen LogP contribution >= 0.6 is 7.82 Å². The average molecular weight is 744 g/mol. The van der Waals surface area contributed by atoms with Gasteiger partial charge in [-0.05, 0) is 64.2 Å². The number of carbonyl (C=O) groups excluding carboxylic acids is 2. The Bertz CT molecular complexity index is 897. The van der Waals surface area contributed by atoms with Gasteiger partial charge >= 0.3 is 19.8 Å². The molecule has 10 heteroatoms. The van der Waals surface area contributed by atoms with Gasteiger partial charge in [-0.1, -0.05) is 141 Å². The van der Waals surface area contributed by atoms with Crippen molar-refractivity contribution in [3.63, 3.8) is 0 Å². The maximum Gasteiger partial charge on any atom is 0.472 e. The molecule has 0 bridgehead atoms. The zero-order valence-electron chi connectivity index (χ0n) is 32.8. The zero-order chi connectivity index (χ0) is 37.5. The molecule has 0 rings (SSSR count). The third-order valence-corrected chi connectivity index (χ3v) is 9.79. The van der Waals surface area contributed by atoms with Crippen LogP contribution in [0.1, 0.15) is 194 Å². The van der Waals surface area contributed by atoms with Crippen molar-refractivity contribution in [2.24, 2.45) is 5.73 Å². The van der Waals surface area contributed by atoms with Gasteiger partial charge in [-0.25, -0.2) is 4.57 Å². The molecule has 0 heterocycles. The molecule has 0 aromatic carbocycles. The van der Waals surface area contributed by atoms with Crippen LogP contribution < -0.4 is 5.73 Å². The highest BCUT2D eigenvalue weighted by molar-refractivity contribution is 7.47. The first-order valence-corrected chi connectivity index (χ1v) is 22.3. The van der Waals surface area contributed by atoms with Crippen LogP contribution in [0.2, 0.25) is 0 Å². The highest BCUT2D eigenvalue weighted by Gasteiger charge is 2.26. The number of ether oxygens (including phenoxy) is 2. The van der Waals surface area contributed by atoms with Crippen molar-refractivity contribution in [1.29, 1.82) is 0 Å². The number of rotatable bonds is 39. The number of unbranched alkanes of at least 4 members (excludes halogenated alkanes) is 22. The van der Waals surface area contributed by atoms with Crippen LogP contribution in [0.4, 0.5) is 0 Å². The minimum Gasteiger partial charge on any atom is -0.462 e. The van der Waals surface area contributed by atoms with Gasteiger partial charge < -0.3 is 20.1 Å². The van der Waals surface area contributed by atoms with E-state index < -0.39 is 32.5 Å². The van der Waals surface area contributed by atoms with Crippen LogP contribution in [0.5, 0.6) is 0 Å². The Labute approximate surface area is 312 Å². The lowest BCUT2D eigenvalue weighted by atomic mass is 10.1. The van der Waals surface area contributed by atoms with Crippen LogP contribution in [-0.2, 0) is 32.7 Å². The maximum absolute atomic E-state index is 12.5. The van der Waals surface area contributed by atoms with E-state index in [-0.39, 0.29) is 32.6 Å². The number of allylic oxidation sites excluding steroid dienone is 4. The van der Waals surface area contributed by atoms with E-state index in [1.807, 2.05) is 0 Å². The van der Waals surface area contributed by atoms with Crippen LogP contribution in [0.25, 0.3) is 0 Å². The Hall–Kier alpha value is -1.51. The van der Waals surface area contributed by atoms with Gasteiger partial charge in [-0.2, -0.15) is 0 Å². The van der Waals surface area contributed by atoms with Gasteiger partial charge in [0, 0.05) is 19.4 Å². The molecule has 0 aliphatic carbocycles. The molecule has 0 saturated heterocycles. The first kappa shape index (κ1) is 49.5. The van der Waals surface area contributed by atoms with Crippen LogP contribution in [0.15, 0.2) is 24.3 Å². The molecule has 0 saturated carbocycles. The predicted molar refractivity (Wildman–Crippen MR) is 211 cm³/mol. The predicted octanol–water partition coefficient (Wildman–Crippen LogP) is 11.6. The second kappa shape index (κ2) is 38.2. The van der Waals surface area contributed by atoms with Crippen LogP contribution in [0, 0.1) is 0 Å². The summed E-state index contributed by atoms with van der Waals surface area (Å²) in [5.74, 6) is -0.845. The van der Waals surface area contributed by atoms with Crippen LogP contribution in [-0.4, -0.2) is 49.3 Å². The lowest BCUT2D eigenvalue weighted by Crippen LogP contribution is -2.29. The van der Waals surface area contributed by atoms with Crippen molar-refractivity contribution >= 4 is 19.8 Å². The normalized spacial score (nSPS) is 13.6. The Morgan fingerprint density at radius 2 is 0.961 bits per heavy atom. The molecule has 0 aliphatic heterocycles. The van der Waals surface area contributed by atoms with Crippen molar-refractivity contribution in [1.82, 2.24) is 0 Å². The highest BCUT2D eigenvalue weighted by atomic mass is 31.2. The summed E-state index contributed by atoms with van der Waals surface area (Å²) >= 11 is 0. The molecule has 1 unspecified atom stereocenters. The average Bonchev–Trinajstić information content (AvgIpc) is 3.11. The minimum absolute atomic E-state index is 0.0518. The first-order valence-electron chi connectivity index (χ1n) is 20.8. The van der Waals surface area contributed by atoms with E-state index in [0.29, 0.717) is 6.42 Å². The molecule has 0 amide bonds. The molecule has 300 valence electrons. The molecule has 0 fully saturated rings. The molecule has 0 aromatic rings. The monoisotopic (exact) mass is 744 g/mol. The van der Waals surface area contributed by atoms with E-state index in [9.17, 15) is 19.0 Å². The number of hydrogen-bond acceptors (Lipinski definition) is 8. The summed E-state index contributed by atoms with van der Waals surface area (Å²) in [6, 6.07) is 0. The van der Waals surface area contributed by atoms with Gasteiger partial charge in [0.05, 0.1) is 13.2 Å². The number of hydrogen-bond donors (Lipinski definition) is 2.